The molecule has 3 rings (SSSR count). The summed E-state index contributed by atoms with van der Waals surface area (Å²) in [7, 11) is 1.57. The van der Waals surface area contributed by atoms with Crippen LogP contribution in [0.5, 0.6) is 5.75 Å². The maximum atomic E-state index is 12.4. The molecule has 6 heteroatoms. The lowest BCUT2D eigenvalue weighted by atomic mass is 10.1. The number of amides is 2. The summed E-state index contributed by atoms with van der Waals surface area (Å²) >= 11 is 6.03. The highest BCUT2D eigenvalue weighted by Gasteiger charge is 2.11. The lowest BCUT2D eigenvalue weighted by Gasteiger charge is -2.13. The van der Waals surface area contributed by atoms with Crippen LogP contribution in [0.1, 0.15) is 11.3 Å². The fourth-order valence-electron chi connectivity index (χ4n) is 2.61. The third-order valence-electron chi connectivity index (χ3n) is 3.75. The number of carbonyl (C=O) groups excluding carboxylic acids is 1. The first-order valence-corrected chi connectivity index (χ1v) is 8.13. The minimum atomic E-state index is -0.357. The topological polar surface area (TPSA) is 63.2 Å². The highest BCUT2D eigenvalue weighted by Crippen LogP contribution is 2.28. The number of carbonyl (C=O) groups is 1. The second-order valence-electron chi connectivity index (χ2n) is 5.76. The molecule has 0 saturated carbocycles. The van der Waals surface area contributed by atoms with Crippen LogP contribution >= 0.6 is 11.6 Å². The van der Waals surface area contributed by atoms with Crippen LogP contribution < -0.4 is 15.4 Å². The summed E-state index contributed by atoms with van der Waals surface area (Å²) in [6.45, 7) is 3.83. The number of pyridine rings is 1. The maximum Gasteiger partial charge on any atom is 0.323 e. The molecule has 128 valence electrons. The molecule has 0 atom stereocenters. The van der Waals surface area contributed by atoms with Crippen molar-refractivity contribution in [3.8, 4) is 5.75 Å². The number of ether oxygens (including phenoxy) is 1. The van der Waals surface area contributed by atoms with Gasteiger partial charge in [0.05, 0.1) is 24.0 Å². The van der Waals surface area contributed by atoms with Crippen molar-refractivity contribution < 1.29 is 9.53 Å². The highest BCUT2D eigenvalue weighted by atomic mass is 35.5. The standard InChI is InChI=1S/C19H18ClN3O2/c1-11-4-7-15(18(8-11)25-3)22-19(24)23-16-9-12(2)21-17-10-13(20)5-6-14(16)17/h4-10H,1-3H3,(H2,21,22,23,24). The molecule has 0 spiro atoms. The summed E-state index contributed by atoms with van der Waals surface area (Å²) < 4.78 is 5.31. The summed E-state index contributed by atoms with van der Waals surface area (Å²) in [4.78, 5) is 16.9. The zero-order valence-corrected chi connectivity index (χ0v) is 14.9. The van der Waals surface area contributed by atoms with Crippen molar-refractivity contribution in [1.29, 1.82) is 0 Å². The van der Waals surface area contributed by atoms with E-state index >= 15 is 0 Å². The molecule has 2 amide bonds. The van der Waals surface area contributed by atoms with Crippen LogP contribution in [0.4, 0.5) is 16.2 Å². The number of benzene rings is 2. The minimum Gasteiger partial charge on any atom is -0.495 e. The number of fused-ring (bicyclic) bond motifs is 1. The van der Waals surface area contributed by atoms with Gasteiger partial charge in [0.2, 0.25) is 0 Å². The molecule has 0 aliphatic rings. The van der Waals surface area contributed by atoms with E-state index in [2.05, 4.69) is 15.6 Å². The van der Waals surface area contributed by atoms with E-state index in [0.29, 0.717) is 22.1 Å². The average Bonchev–Trinajstić information content (AvgIpc) is 2.55. The van der Waals surface area contributed by atoms with Gasteiger partial charge in [-0.25, -0.2) is 4.79 Å². The molecule has 0 radical (unpaired) electrons. The number of halogens is 1. The summed E-state index contributed by atoms with van der Waals surface area (Å²) in [5, 5.41) is 7.10. The molecule has 0 saturated heterocycles. The largest absolute Gasteiger partial charge is 0.495 e. The number of nitrogens with zero attached hydrogens (tertiary/aromatic N) is 1. The SMILES string of the molecule is COc1cc(C)ccc1NC(=O)Nc1cc(C)nc2cc(Cl)ccc12. The number of hydrogen-bond donors (Lipinski definition) is 2. The monoisotopic (exact) mass is 355 g/mol. The van der Waals surface area contributed by atoms with E-state index in [1.807, 2.05) is 44.2 Å². The Balaban J connectivity index is 1.88. The van der Waals surface area contributed by atoms with Gasteiger partial charge in [-0.05, 0) is 55.8 Å². The van der Waals surface area contributed by atoms with Gasteiger partial charge in [-0.2, -0.15) is 0 Å². The molecule has 0 bridgehead atoms. The quantitative estimate of drug-likeness (QED) is 0.682. The van der Waals surface area contributed by atoms with Crippen LogP contribution in [0.25, 0.3) is 10.9 Å². The molecule has 3 aromatic rings. The smallest absolute Gasteiger partial charge is 0.323 e. The number of anilines is 2. The van der Waals surface area contributed by atoms with Crippen LogP contribution in [0, 0.1) is 13.8 Å². The first kappa shape index (κ1) is 17.0. The van der Waals surface area contributed by atoms with Gasteiger partial charge in [-0.15, -0.1) is 0 Å². The number of aryl methyl sites for hydroxylation is 2. The number of methoxy groups -OCH3 is 1. The summed E-state index contributed by atoms with van der Waals surface area (Å²) in [6.07, 6.45) is 0. The molecule has 0 aliphatic carbocycles. The van der Waals surface area contributed by atoms with Crippen molar-refractivity contribution in [2.24, 2.45) is 0 Å². The van der Waals surface area contributed by atoms with Gasteiger partial charge in [0, 0.05) is 16.1 Å². The number of aromatic nitrogens is 1. The van der Waals surface area contributed by atoms with Gasteiger partial charge in [0.25, 0.3) is 0 Å². The van der Waals surface area contributed by atoms with Crippen molar-refractivity contribution >= 4 is 39.9 Å². The fraction of sp³-hybridized carbons (Fsp3) is 0.158. The molecule has 2 aromatic carbocycles. The summed E-state index contributed by atoms with van der Waals surface area (Å²) in [5.41, 5.74) is 3.84. The van der Waals surface area contributed by atoms with E-state index in [4.69, 9.17) is 16.3 Å². The number of nitrogens with one attached hydrogen (secondary N) is 2. The number of rotatable bonds is 3. The molecule has 0 unspecified atom stereocenters. The minimum absolute atomic E-state index is 0.357. The molecule has 0 fully saturated rings. The van der Waals surface area contributed by atoms with Crippen molar-refractivity contribution in [2.45, 2.75) is 13.8 Å². The number of hydrogen-bond acceptors (Lipinski definition) is 3. The van der Waals surface area contributed by atoms with E-state index in [1.165, 1.54) is 0 Å². The molecular weight excluding hydrogens is 338 g/mol. The third-order valence-corrected chi connectivity index (χ3v) is 3.99. The van der Waals surface area contributed by atoms with E-state index in [9.17, 15) is 4.79 Å². The van der Waals surface area contributed by atoms with Crippen molar-refractivity contribution in [2.75, 3.05) is 17.7 Å². The second-order valence-corrected chi connectivity index (χ2v) is 6.19. The lowest BCUT2D eigenvalue weighted by Crippen LogP contribution is -2.20. The van der Waals surface area contributed by atoms with Gasteiger partial charge in [-0.1, -0.05) is 17.7 Å². The van der Waals surface area contributed by atoms with E-state index in [0.717, 1.165) is 22.2 Å². The molecule has 5 nitrogen and oxygen atoms in total. The first-order valence-electron chi connectivity index (χ1n) is 7.76. The van der Waals surface area contributed by atoms with Gasteiger partial charge in [0.15, 0.2) is 0 Å². The number of urea groups is 1. The Hall–Kier alpha value is -2.79. The zero-order valence-electron chi connectivity index (χ0n) is 14.2. The normalized spacial score (nSPS) is 10.6. The van der Waals surface area contributed by atoms with Crippen molar-refractivity contribution in [1.82, 2.24) is 4.98 Å². The summed E-state index contributed by atoms with van der Waals surface area (Å²) in [6, 6.07) is 12.4. The molecule has 1 aromatic heterocycles. The molecule has 1 heterocycles. The van der Waals surface area contributed by atoms with Crippen LogP contribution in [0.2, 0.25) is 5.02 Å². The van der Waals surface area contributed by atoms with E-state index in [1.54, 1.807) is 19.2 Å². The third kappa shape index (κ3) is 3.83. The Morgan fingerprint density at radius 1 is 1.04 bits per heavy atom. The average molecular weight is 356 g/mol. The first-order chi connectivity index (χ1) is 12.0. The molecule has 0 aliphatic heterocycles. The van der Waals surface area contributed by atoms with E-state index < -0.39 is 0 Å². The Morgan fingerprint density at radius 2 is 1.80 bits per heavy atom. The van der Waals surface area contributed by atoms with Gasteiger partial charge in [0.1, 0.15) is 5.75 Å². The van der Waals surface area contributed by atoms with Crippen molar-refractivity contribution in [3.63, 3.8) is 0 Å². The van der Waals surface area contributed by atoms with E-state index in [-0.39, 0.29) is 6.03 Å². The van der Waals surface area contributed by atoms with Gasteiger partial charge >= 0.3 is 6.03 Å². The van der Waals surface area contributed by atoms with Crippen LogP contribution in [0.3, 0.4) is 0 Å². The maximum absolute atomic E-state index is 12.4. The lowest BCUT2D eigenvalue weighted by molar-refractivity contribution is 0.262. The van der Waals surface area contributed by atoms with Crippen LogP contribution in [-0.4, -0.2) is 18.1 Å². The molecule has 25 heavy (non-hydrogen) atoms. The van der Waals surface area contributed by atoms with Crippen molar-refractivity contribution in [3.05, 3.63) is 58.7 Å². The Bertz CT molecular complexity index is 952. The van der Waals surface area contributed by atoms with Crippen LogP contribution in [-0.2, 0) is 0 Å². The molecular formula is C19H18ClN3O2. The Labute approximate surface area is 151 Å². The second kappa shape index (κ2) is 6.99. The molecule has 2 N–H and O–H groups in total. The zero-order chi connectivity index (χ0) is 18.0. The van der Waals surface area contributed by atoms with Crippen LogP contribution in [0.15, 0.2) is 42.5 Å². The van der Waals surface area contributed by atoms with Gasteiger partial charge in [-0.3, -0.25) is 4.98 Å². The van der Waals surface area contributed by atoms with Gasteiger partial charge < -0.3 is 15.4 Å². The predicted octanol–water partition coefficient (Wildman–Crippen LogP) is 5.16. The Morgan fingerprint density at radius 3 is 2.56 bits per heavy atom. The fourth-order valence-corrected chi connectivity index (χ4v) is 2.78. The predicted molar refractivity (Wildman–Crippen MR) is 102 cm³/mol. The Kier molecular flexibility index (Phi) is 4.76. The summed E-state index contributed by atoms with van der Waals surface area (Å²) in [5.74, 6) is 0.609. The highest BCUT2D eigenvalue weighted by molar-refractivity contribution is 6.31.